The Labute approximate surface area is 182 Å². The Balaban J connectivity index is 1.30. The molecule has 7 heteroatoms. The van der Waals surface area contributed by atoms with Gasteiger partial charge in [0.05, 0.1) is 18.7 Å². The molecule has 6 nitrogen and oxygen atoms in total. The van der Waals surface area contributed by atoms with Gasteiger partial charge in [0.1, 0.15) is 5.82 Å². The number of rotatable bonds is 6. The number of likely N-dealkylation sites (tertiary alicyclic amines) is 1. The molecule has 1 aromatic carbocycles. The van der Waals surface area contributed by atoms with E-state index in [0.717, 1.165) is 63.0 Å². The molecule has 2 heterocycles. The number of nitrogens with one attached hydrogen (secondary N) is 1. The summed E-state index contributed by atoms with van der Waals surface area (Å²) >= 11 is 1.71. The first-order valence-corrected chi connectivity index (χ1v) is 12.1. The summed E-state index contributed by atoms with van der Waals surface area (Å²) in [4.78, 5) is 28.4. The molecule has 1 aliphatic heterocycles. The molecular formula is C23H30N4O2S. The molecule has 2 amide bonds. The van der Waals surface area contributed by atoms with Gasteiger partial charge in [-0.15, -0.1) is 11.8 Å². The minimum Gasteiger partial charge on any atom is -0.342 e. The summed E-state index contributed by atoms with van der Waals surface area (Å²) in [6.45, 7) is 1.45. The number of amides is 2. The molecule has 0 unspecified atom stereocenters. The third kappa shape index (κ3) is 4.89. The predicted octanol–water partition coefficient (Wildman–Crippen LogP) is 4.14. The molecule has 160 valence electrons. The van der Waals surface area contributed by atoms with E-state index in [1.165, 1.54) is 4.90 Å². The Kier molecular flexibility index (Phi) is 6.77. The molecule has 1 saturated carbocycles. The summed E-state index contributed by atoms with van der Waals surface area (Å²) in [5.74, 6) is 1.22. The highest BCUT2D eigenvalue weighted by atomic mass is 32.2. The fourth-order valence-electron chi connectivity index (χ4n) is 4.51. The van der Waals surface area contributed by atoms with E-state index in [4.69, 9.17) is 0 Å². The summed E-state index contributed by atoms with van der Waals surface area (Å²) in [5.41, 5.74) is 1.06. The number of nitrogens with zero attached hydrogens (tertiary/aromatic N) is 3. The van der Waals surface area contributed by atoms with Gasteiger partial charge in [0.25, 0.3) is 0 Å². The molecule has 1 aliphatic carbocycles. The van der Waals surface area contributed by atoms with Crippen LogP contribution in [-0.4, -0.2) is 45.8 Å². The van der Waals surface area contributed by atoms with E-state index in [-0.39, 0.29) is 23.8 Å². The van der Waals surface area contributed by atoms with Gasteiger partial charge in [0.15, 0.2) is 0 Å². The van der Waals surface area contributed by atoms with Gasteiger partial charge >= 0.3 is 0 Å². The topological polar surface area (TPSA) is 67.2 Å². The van der Waals surface area contributed by atoms with E-state index in [2.05, 4.69) is 28.8 Å². The molecule has 1 saturated heterocycles. The van der Waals surface area contributed by atoms with Gasteiger partial charge in [0, 0.05) is 30.0 Å². The molecule has 1 N–H and O–H groups in total. The summed E-state index contributed by atoms with van der Waals surface area (Å²) < 4.78 is 1.94. The highest BCUT2D eigenvalue weighted by molar-refractivity contribution is 7.98. The standard InChI is InChI=1S/C23H30N4O2S/c1-30-20-8-6-17(7-9-20)16-22(28)26-14-11-19(12-15-26)27-21(10-13-24-27)25-23(29)18-4-2-3-5-18/h6-10,13,18-19H,2-5,11-12,14-16H2,1H3,(H,25,29). The minimum atomic E-state index is 0.120. The van der Waals surface area contributed by atoms with Crippen LogP contribution in [0.15, 0.2) is 41.4 Å². The highest BCUT2D eigenvalue weighted by Crippen LogP contribution is 2.29. The molecule has 2 aliphatic rings. The molecular weight excluding hydrogens is 396 g/mol. The zero-order valence-electron chi connectivity index (χ0n) is 17.5. The van der Waals surface area contributed by atoms with Crippen molar-refractivity contribution in [3.63, 3.8) is 0 Å². The van der Waals surface area contributed by atoms with Crippen LogP contribution < -0.4 is 5.32 Å². The van der Waals surface area contributed by atoms with Crippen LogP contribution in [0.3, 0.4) is 0 Å². The summed E-state index contributed by atoms with van der Waals surface area (Å²) in [5, 5.41) is 7.55. The third-order valence-corrected chi connectivity index (χ3v) is 7.07. The van der Waals surface area contributed by atoms with Crippen molar-refractivity contribution in [2.45, 2.75) is 55.9 Å². The van der Waals surface area contributed by atoms with E-state index in [1.54, 1.807) is 18.0 Å². The second-order valence-electron chi connectivity index (χ2n) is 8.27. The molecule has 0 radical (unpaired) electrons. The van der Waals surface area contributed by atoms with Gasteiger partial charge in [-0.05, 0) is 49.6 Å². The Bertz CT molecular complexity index is 866. The first kappa shape index (κ1) is 21.0. The van der Waals surface area contributed by atoms with Crippen LogP contribution in [0.1, 0.15) is 50.1 Å². The lowest BCUT2D eigenvalue weighted by atomic mass is 10.0. The van der Waals surface area contributed by atoms with Crippen LogP contribution in [0.5, 0.6) is 0 Å². The van der Waals surface area contributed by atoms with Crippen LogP contribution in [0.4, 0.5) is 5.82 Å². The lowest BCUT2D eigenvalue weighted by molar-refractivity contribution is -0.131. The van der Waals surface area contributed by atoms with Gasteiger partial charge in [-0.2, -0.15) is 5.10 Å². The summed E-state index contributed by atoms with van der Waals surface area (Å²) in [7, 11) is 0. The van der Waals surface area contributed by atoms with Crippen LogP contribution in [0.2, 0.25) is 0 Å². The van der Waals surface area contributed by atoms with Crippen LogP contribution in [-0.2, 0) is 16.0 Å². The molecule has 2 fully saturated rings. The maximum absolute atomic E-state index is 12.7. The smallest absolute Gasteiger partial charge is 0.228 e. The monoisotopic (exact) mass is 426 g/mol. The summed E-state index contributed by atoms with van der Waals surface area (Å²) in [6.07, 6.45) is 10.2. The number of hydrogen-bond donors (Lipinski definition) is 1. The van der Waals surface area contributed by atoms with Crippen LogP contribution in [0, 0.1) is 5.92 Å². The first-order chi connectivity index (χ1) is 14.6. The minimum absolute atomic E-state index is 0.120. The molecule has 1 aromatic heterocycles. The number of thioether (sulfide) groups is 1. The van der Waals surface area contributed by atoms with Crippen molar-refractivity contribution in [3.05, 3.63) is 42.1 Å². The SMILES string of the molecule is CSc1ccc(CC(=O)N2CCC(n3nccc3NC(=O)C3CCCC3)CC2)cc1. The zero-order valence-corrected chi connectivity index (χ0v) is 18.4. The number of benzene rings is 1. The van der Waals surface area contributed by atoms with E-state index in [9.17, 15) is 9.59 Å². The maximum Gasteiger partial charge on any atom is 0.228 e. The van der Waals surface area contributed by atoms with Crippen molar-refractivity contribution < 1.29 is 9.59 Å². The number of aromatic nitrogens is 2. The van der Waals surface area contributed by atoms with Gasteiger partial charge < -0.3 is 10.2 Å². The lowest BCUT2D eigenvalue weighted by Crippen LogP contribution is -2.40. The van der Waals surface area contributed by atoms with Gasteiger partial charge in [-0.25, -0.2) is 4.68 Å². The normalized spacial score (nSPS) is 18.0. The van der Waals surface area contributed by atoms with Crippen molar-refractivity contribution in [2.24, 2.45) is 5.92 Å². The van der Waals surface area contributed by atoms with E-state index < -0.39 is 0 Å². The lowest BCUT2D eigenvalue weighted by Gasteiger charge is -2.33. The number of hydrogen-bond acceptors (Lipinski definition) is 4. The fourth-order valence-corrected chi connectivity index (χ4v) is 4.92. The number of piperidine rings is 1. The molecule has 4 rings (SSSR count). The second kappa shape index (κ2) is 9.69. The molecule has 0 atom stereocenters. The van der Waals surface area contributed by atoms with E-state index >= 15 is 0 Å². The van der Waals surface area contributed by atoms with Crippen molar-refractivity contribution in [1.29, 1.82) is 0 Å². The number of carbonyl (C=O) groups excluding carboxylic acids is 2. The Hall–Kier alpha value is -2.28. The second-order valence-corrected chi connectivity index (χ2v) is 9.15. The van der Waals surface area contributed by atoms with Crippen molar-refractivity contribution in [3.8, 4) is 0 Å². The third-order valence-electron chi connectivity index (χ3n) is 6.32. The van der Waals surface area contributed by atoms with Crippen LogP contribution >= 0.6 is 11.8 Å². The molecule has 0 spiro atoms. The average Bonchev–Trinajstić information content (AvgIpc) is 3.47. The van der Waals surface area contributed by atoms with Crippen LogP contribution in [0.25, 0.3) is 0 Å². The maximum atomic E-state index is 12.7. The van der Waals surface area contributed by atoms with Gasteiger partial charge in [0.2, 0.25) is 11.8 Å². The van der Waals surface area contributed by atoms with Crippen molar-refractivity contribution >= 4 is 29.4 Å². The fraction of sp³-hybridized carbons (Fsp3) is 0.522. The van der Waals surface area contributed by atoms with Crippen molar-refractivity contribution in [2.75, 3.05) is 24.7 Å². The van der Waals surface area contributed by atoms with Gasteiger partial charge in [-0.1, -0.05) is 25.0 Å². The molecule has 0 bridgehead atoms. The largest absolute Gasteiger partial charge is 0.342 e. The Morgan fingerprint density at radius 3 is 2.43 bits per heavy atom. The molecule has 30 heavy (non-hydrogen) atoms. The first-order valence-electron chi connectivity index (χ1n) is 10.9. The zero-order chi connectivity index (χ0) is 20.9. The Morgan fingerprint density at radius 1 is 1.07 bits per heavy atom. The quantitative estimate of drug-likeness (QED) is 0.705. The Morgan fingerprint density at radius 2 is 1.77 bits per heavy atom. The predicted molar refractivity (Wildman–Crippen MR) is 120 cm³/mol. The number of carbonyl (C=O) groups is 2. The van der Waals surface area contributed by atoms with Gasteiger partial charge in [-0.3, -0.25) is 9.59 Å². The van der Waals surface area contributed by atoms with E-state index in [0.29, 0.717) is 6.42 Å². The summed E-state index contributed by atoms with van der Waals surface area (Å²) in [6, 6.07) is 10.3. The molecule has 2 aromatic rings. The van der Waals surface area contributed by atoms with E-state index in [1.807, 2.05) is 27.8 Å². The van der Waals surface area contributed by atoms with Crippen molar-refractivity contribution in [1.82, 2.24) is 14.7 Å². The highest BCUT2D eigenvalue weighted by Gasteiger charge is 2.27. The average molecular weight is 427 g/mol. The number of anilines is 1.